The van der Waals surface area contributed by atoms with Gasteiger partial charge in [-0.15, -0.1) is 0 Å². The molecule has 0 saturated carbocycles. The van der Waals surface area contributed by atoms with Gasteiger partial charge in [0.25, 0.3) is 0 Å². The Bertz CT molecular complexity index is 241. The van der Waals surface area contributed by atoms with Crippen molar-refractivity contribution in [1.29, 1.82) is 0 Å². The maximum atomic E-state index is 11.4. The molecule has 0 fully saturated rings. The second-order valence-corrected chi connectivity index (χ2v) is 3.32. The molecule has 1 aliphatic carbocycles. The number of hydrogen-bond acceptors (Lipinski definition) is 1. The Balaban J connectivity index is 3.09. The van der Waals surface area contributed by atoms with E-state index in [0.717, 1.165) is 17.6 Å². The van der Waals surface area contributed by atoms with Gasteiger partial charge in [0.2, 0.25) is 0 Å². The Morgan fingerprint density at radius 3 is 1.64 bits per heavy atom. The molecule has 0 radical (unpaired) electrons. The molecule has 0 spiro atoms. The lowest BCUT2D eigenvalue weighted by molar-refractivity contribution is -0.112. The Labute approximate surface area is 67.8 Å². The van der Waals surface area contributed by atoms with Gasteiger partial charge in [-0.25, -0.2) is 0 Å². The SMILES string of the molecule is CC1=C(C)C(=O)C(C)=C(C)C1. The highest BCUT2D eigenvalue weighted by molar-refractivity contribution is 6.09. The fraction of sp³-hybridized carbons (Fsp3) is 0.500. The van der Waals surface area contributed by atoms with E-state index >= 15 is 0 Å². The summed E-state index contributed by atoms with van der Waals surface area (Å²) in [5.41, 5.74) is 4.32. The van der Waals surface area contributed by atoms with Crippen LogP contribution in [0.3, 0.4) is 0 Å². The Morgan fingerprint density at radius 2 is 1.27 bits per heavy atom. The lowest BCUT2D eigenvalue weighted by Crippen LogP contribution is -2.10. The fourth-order valence-corrected chi connectivity index (χ4v) is 1.33. The molecule has 11 heavy (non-hydrogen) atoms. The van der Waals surface area contributed by atoms with Crippen LogP contribution in [0, 0.1) is 0 Å². The number of carbonyl (C=O) groups is 1. The summed E-state index contributed by atoms with van der Waals surface area (Å²) in [5.74, 6) is 0.228. The molecule has 0 aromatic rings. The van der Waals surface area contributed by atoms with Crippen LogP contribution in [0.15, 0.2) is 22.3 Å². The molecule has 60 valence electrons. The van der Waals surface area contributed by atoms with Crippen molar-refractivity contribution in [3.8, 4) is 0 Å². The standard InChI is InChI=1S/C10H14O/c1-6-5-7(2)9(4)10(11)8(6)3/h5H2,1-4H3. The minimum absolute atomic E-state index is 0.228. The first-order valence-corrected chi connectivity index (χ1v) is 3.91. The van der Waals surface area contributed by atoms with Gasteiger partial charge in [-0.1, -0.05) is 11.1 Å². The van der Waals surface area contributed by atoms with E-state index in [-0.39, 0.29) is 5.78 Å². The minimum atomic E-state index is 0.228. The summed E-state index contributed by atoms with van der Waals surface area (Å²) < 4.78 is 0. The quantitative estimate of drug-likeness (QED) is 0.518. The molecule has 1 rings (SSSR count). The van der Waals surface area contributed by atoms with Crippen LogP contribution in [-0.2, 0) is 4.79 Å². The molecule has 0 aromatic heterocycles. The number of ketones is 1. The second kappa shape index (κ2) is 2.65. The van der Waals surface area contributed by atoms with Crippen LogP contribution in [0.1, 0.15) is 34.1 Å². The first-order valence-electron chi connectivity index (χ1n) is 3.91. The molecule has 0 unspecified atom stereocenters. The number of allylic oxidation sites excluding steroid dienone is 4. The zero-order valence-electron chi connectivity index (χ0n) is 7.62. The van der Waals surface area contributed by atoms with Gasteiger partial charge in [0.05, 0.1) is 0 Å². The van der Waals surface area contributed by atoms with E-state index in [2.05, 4.69) is 0 Å². The molecule has 1 heteroatoms. The van der Waals surface area contributed by atoms with Crippen molar-refractivity contribution in [2.24, 2.45) is 0 Å². The van der Waals surface area contributed by atoms with Crippen LogP contribution in [0.5, 0.6) is 0 Å². The summed E-state index contributed by atoms with van der Waals surface area (Å²) in [6.07, 6.45) is 0.976. The van der Waals surface area contributed by atoms with Crippen molar-refractivity contribution in [2.45, 2.75) is 34.1 Å². The van der Waals surface area contributed by atoms with Crippen molar-refractivity contribution in [2.75, 3.05) is 0 Å². The molecular weight excluding hydrogens is 136 g/mol. The van der Waals surface area contributed by atoms with E-state index in [1.54, 1.807) is 0 Å². The van der Waals surface area contributed by atoms with Gasteiger partial charge >= 0.3 is 0 Å². The van der Waals surface area contributed by atoms with Crippen LogP contribution in [0.4, 0.5) is 0 Å². The van der Waals surface area contributed by atoms with Crippen LogP contribution in [0.25, 0.3) is 0 Å². The predicted octanol–water partition coefficient (Wildman–Crippen LogP) is 2.63. The first kappa shape index (κ1) is 8.25. The molecule has 0 heterocycles. The summed E-state index contributed by atoms with van der Waals surface area (Å²) in [7, 11) is 0. The third-order valence-electron chi connectivity index (χ3n) is 2.49. The topological polar surface area (TPSA) is 17.1 Å². The number of rotatable bonds is 0. The molecule has 1 aliphatic rings. The third-order valence-corrected chi connectivity index (χ3v) is 2.49. The van der Waals surface area contributed by atoms with Crippen molar-refractivity contribution in [1.82, 2.24) is 0 Å². The number of Topliss-reactive ketones (excluding diaryl/α,β-unsaturated/α-hetero) is 1. The molecular formula is C10H14O. The highest BCUT2D eigenvalue weighted by Gasteiger charge is 2.17. The molecule has 0 amide bonds. The molecule has 1 nitrogen and oxygen atoms in total. The third kappa shape index (κ3) is 1.28. The summed E-state index contributed by atoms with van der Waals surface area (Å²) >= 11 is 0. The Morgan fingerprint density at radius 1 is 0.909 bits per heavy atom. The van der Waals surface area contributed by atoms with Crippen LogP contribution in [-0.4, -0.2) is 5.78 Å². The summed E-state index contributed by atoms with van der Waals surface area (Å²) in [4.78, 5) is 11.4. The Hall–Kier alpha value is -0.850. The summed E-state index contributed by atoms with van der Waals surface area (Å²) in [5, 5.41) is 0. The average Bonchev–Trinajstić information content (AvgIpc) is 1.97. The molecule has 0 N–H and O–H groups in total. The molecule has 0 saturated heterocycles. The predicted molar refractivity (Wildman–Crippen MR) is 46.4 cm³/mol. The molecule has 0 aromatic carbocycles. The molecule has 0 atom stereocenters. The van der Waals surface area contributed by atoms with Crippen molar-refractivity contribution >= 4 is 5.78 Å². The van der Waals surface area contributed by atoms with Crippen LogP contribution in [0.2, 0.25) is 0 Å². The lowest BCUT2D eigenvalue weighted by atomic mass is 9.88. The molecule has 0 aliphatic heterocycles. The summed E-state index contributed by atoms with van der Waals surface area (Å²) in [6.45, 7) is 7.88. The first-order chi connectivity index (χ1) is 5.04. The zero-order valence-corrected chi connectivity index (χ0v) is 7.62. The smallest absolute Gasteiger partial charge is 0.184 e. The van der Waals surface area contributed by atoms with Gasteiger partial charge < -0.3 is 0 Å². The minimum Gasteiger partial charge on any atom is -0.289 e. The van der Waals surface area contributed by atoms with E-state index in [1.807, 2.05) is 27.7 Å². The maximum absolute atomic E-state index is 11.4. The van der Waals surface area contributed by atoms with E-state index in [4.69, 9.17) is 0 Å². The van der Waals surface area contributed by atoms with Gasteiger partial charge in [0.1, 0.15) is 0 Å². The second-order valence-electron chi connectivity index (χ2n) is 3.32. The lowest BCUT2D eigenvalue weighted by Gasteiger charge is -2.16. The van der Waals surface area contributed by atoms with Gasteiger partial charge in [-0.3, -0.25) is 4.79 Å². The summed E-state index contributed by atoms with van der Waals surface area (Å²) in [6, 6.07) is 0. The average molecular weight is 150 g/mol. The van der Waals surface area contributed by atoms with Crippen LogP contribution < -0.4 is 0 Å². The van der Waals surface area contributed by atoms with Crippen molar-refractivity contribution in [3.05, 3.63) is 22.3 Å². The van der Waals surface area contributed by atoms with E-state index in [0.29, 0.717) is 0 Å². The number of carbonyl (C=O) groups excluding carboxylic acids is 1. The van der Waals surface area contributed by atoms with Gasteiger partial charge in [0, 0.05) is 0 Å². The van der Waals surface area contributed by atoms with E-state index in [1.165, 1.54) is 11.1 Å². The van der Waals surface area contributed by atoms with Gasteiger partial charge in [-0.2, -0.15) is 0 Å². The van der Waals surface area contributed by atoms with E-state index in [9.17, 15) is 4.79 Å². The monoisotopic (exact) mass is 150 g/mol. The largest absolute Gasteiger partial charge is 0.289 e. The maximum Gasteiger partial charge on any atom is 0.184 e. The number of hydrogen-bond donors (Lipinski definition) is 0. The highest BCUT2D eigenvalue weighted by Crippen LogP contribution is 2.25. The van der Waals surface area contributed by atoms with E-state index < -0.39 is 0 Å². The Kier molecular flexibility index (Phi) is 1.99. The van der Waals surface area contributed by atoms with Gasteiger partial charge in [0.15, 0.2) is 5.78 Å². The van der Waals surface area contributed by atoms with Crippen molar-refractivity contribution in [3.63, 3.8) is 0 Å². The highest BCUT2D eigenvalue weighted by atomic mass is 16.1. The zero-order chi connectivity index (χ0) is 8.59. The molecule has 0 bridgehead atoms. The normalized spacial score (nSPS) is 19.8. The van der Waals surface area contributed by atoms with Gasteiger partial charge in [-0.05, 0) is 45.3 Å². The van der Waals surface area contributed by atoms with Crippen LogP contribution >= 0.6 is 0 Å². The fourth-order valence-electron chi connectivity index (χ4n) is 1.33. The van der Waals surface area contributed by atoms with Crippen molar-refractivity contribution < 1.29 is 4.79 Å².